The van der Waals surface area contributed by atoms with Crippen molar-refractivity contribution in [1.82, 2.24) is 10.2 Å². The van der Waals surface area contributed by atoms with Crippen LogP contribution in [0.1, 0.15) is 57.8 Å². The molecule has 4 nitrogen and oxygen atoms in total. The molecule has 2 aliphatic carbocycles. The summed E-state index contributed by atoms with van der Waals surface area (Å²) in [5.41, 5.74) is -0.591. The van der Waals surface area contributed by atoms with Crippen molar-refractivity contribution in [1.29, 1.82) is 5.26 Å². The molecule has 1 N–H and O–H groups in total. The van der Waals surface area contributed by atoms with Crippen molar-refractivity contribution in [2.24, 2.45) is 0 Å². The van der Waals surface area contributed by atoms with Gasteiger partial charge < -0.3 is 5.32 Å². The van der Waals surface area contributed by atoms with Crippen LogP contribution < -0.4 is 5.32 Å². The molecule has 0 saturated heterocycles. The molecule has 2 aliphatic rings. The highest BCUT2D eigenvalue weighted by Crippen LogP contribution is 2.27. The zero-order valence-electron chi connectivity index (χ0n) is 12.0. The standard InChI is InChI=1S/C15H25N3O/c1-18(13-7-3-4-8-13)11-14(19)17-15(12-16)9-5-2-6-10-15/h13H,2-11H2,1H3,(H,17,19). The summed E-state index contributed by atoms with van der Waals surface area (Å²) in [4.78, 5) is 14.3. The summed E-state index contributed by atoms with van der Waals surface area (Å²) in [6.45, 7) is 0.425. The average molecular weight is 263 g/mol. The lowest BCUT2D eigenvalue weighted by Crippen LogP contribution is -2.52. The number of hydrogen-bond acceptors (Lipinski definition) is 3. The lowest BCUT2D eigenvalue weighted by atomic mass is 9.83. The first-order chi connectivity index (χ1) is 9.15. The van der Waals surface area contributed by atoms with E-state index in [9.17, 15) is 10.1 Å². The van der Waals surface area contributed by atoms with E-state index < -0.39 is 5.54 Å². The lowest BCUT2D eigenvalue weighted by Gasteiger charge is -2.32. The molecule has 1 amide bonds. The molecule has 2 saturated carbocycles. The molecule has 0 spiro atoms. The summed E-state index contributed by atoms with van der Waals surface area (Å²) in [6, 6.07) is 2.89. The Morgan fingerprint density at radius 2 is 1.89 bits per heavy atom. The van der Waals surface area contributed by atoms with E-state index in [0.29, 0.717) is 12.6 Å². The molecule has 4 heteroatoms. The van der Waals surface area contributed by atoms with Crippen LogP contribution >= 0.6 is 0 Å². The molecule has 0 unspecified atom stereocenters. The van der Waals surface area contributed by atoms with Crippen LogP contribution in [-0.4, -0.2) is 36.0 Å². The maximum atomic E-state index is 12.1. The van der Waals surface area contributed by atoms with E-state index in [4.69, 9.17) is 0 Å². The van der Waals surface area contributed by atoms with Crippen LogP contribution in [0.5, 0.6) is 0 Å². The fourth-order valence-electron chi connectivity index (χ4n) is 3.43. The Labute approximate surface area is 116 Å². The van der Waals surface area contributed by atoms with Gasteiger partial charge in [-0.05, 0) is 32.7 Å². The Balaban J connectivity index is 1.84. The maximum absolute atomic E-state index is 12.1. The van der Waals surface area contributed by atoms with Crippen LogP contribution in [-0.2, 0) is 4.79 Å². The first-order valence-electron chi connectivity index (χ1n) is 7.58. The van der Waals surface area contributed by atoms with E-state index >= 15 is 0 Å². The number of carbonyl (C=O) groups is 1. The fraction of sp³-hybridized carbons (Fsp3) is 0.867. The number of likely N-dealkylation sites (N-methyl/N-ethyl adjacent to an activating group) is 1. The Hall–Kier alpha value is -1.08. The molecular formula is C15H25N3O. The topological polar surface area (TPSA) is 56.1 Å². The molecule has 0 atom stereocenters. The van der Waals surface area contributed by atoms with Gasteiger partial charge in [0.25, 0.3) is 0 Å². The van der Waals surface area contributed by atoms with E-state index in [1.807, 2.05) is 7.05 Å². The normalized spacial score (nSPS) is 23.2. The van der Waals surface area contributed by atoms with E-state index in [-0.39, 0.29) is 5.91 Å². The summed E-state index contributed by atoms with van der Waals surface area (Å²) in [7, 11) is 2.02. The van der Waals surface area contributed by atoms with Crippen LogP contribution in [0.2, 0.25) is 0 Å². The fourth-order valence-corrected chi connectivity index (χ4v) is 3.43. The summed E-state index contributed by atoms with van der Waals surface area (Å²) < 4.78 is 0. The molecule has 0 aromatic rings. The van der Waals surface area contributed by atoms with Crippen molar-refractivity contribution in [3.05, 3.63) is 0 Å². The zero-order chi connectivity index (χ0) is 13.7. The third-order valence-electron chi connectivity index (χ3n) is 4.64. The third-order valence-corrected chi connectivity index (χ3v) is 4.64. The number of amides is 1. The molecule has 0 bridgehead atoms. The number of hydrogen-bond donors (Lipinski definition) is 1. The van der Waals surface area contributed by atoms with Crippen LogP contribution in [0.25, 0.3) is 0 Å². The number of nitrogens with zero attached hydrogens (tertiary/aromatic N) is 2. The summed E-state index contributed by atoms with van der Waals surface area (Å²) in [5.74, 6) is 0.0119. The molecule has 2 fully saturated rings. The van der Waals surface area contributed by atoms with Gasteiger partial charge in [-0.15, -0.1) is 0 Å². The lowest BCUT2D eigenvalue weighted by molar-refractivity contribution is -0.124. The number of nitriles is 1. The molecule has 0 aromatic heterocycles. The van der Waals surface area contributed by atoms with E-state index in [1.54, 1.807) is 0 Å². The van der Waals surface area contributed by atoms with Crippen molar-refractivity contribution >= 4 is 5.91 Å². The first-order valence-corrected chi connectivity index (χ1v) is 7.58. The van der Waals surface area contributed by atoms with Crippen molar-refractivity contribution in [2.75, 3.05) is 13.6 Å². The Morgan fingerprint density at radius 3 is 2.47 bits per heavy atom. The second-order valence-electron chi connectivity index (χ2n) is 6.16. The van der Waals surface area contributed by atoms with Gasteiger partial charge in [-0.25, -0.2) is 0 Å². The zero-order valence-corrected chi connectivity index (χ0v) is 12.0. The second-order valence-corrected chi connectivity index (χ2v) is 6.16. The smallest absolute Gasteiger partial charge is 0.235 e. The van der Waals surface area contributed by atoms with Gasteiger partial charge in [0.2, 0.25) is 5.91 Å². The van der Waals surface area contributed by atoms with Gasteiger partial charge >= 0.3 is 0 Å². The predicted octanol–water partition coefficient (Wildman–Crippen LogP) is 2.20. The first kappa shape index (κ1) is 14.3. The highest BCUT2D eigenvalue weighted by molar-refractivity contribution is 5.79. The molecule has 0 heterocycles. The average Bonchev–Trinajstić information content (AvgIpc) is 2.93. The highest BCUT2D eigenvalue weighted by atomic mass is 16.2. The summed E-state index contributed by atoms with van der Waals surface area (Å²) >= 11 is 0. The molecular weight excluding hydrogens is 238 g/mol. The summed E-state index contributed by atoms with van der Waals surface area (Å²) in [6.07, 6.45) is 9.85. The largest absolute Gasteiger partial charge is 0.337 e. The van der Waals surface area contributed by atoms with E-state index in [1.165, 1.54) is 32.1 Å². The van der Waals surface area contributed by atoms with Gasteiger partial charge in [0, 0.05) is 6.04 Å². The Kier molecular flexibility index (Phi) is 4.81. The molecule has 106 valence electrons. The van der Waals surface area contributed by atoms with Crippen LogP contribution in [0.3, 0.4) is 0 Å². The van der Waals surface area contributed by atoms with Gasteiger partial charge in [-0.3, -0.25) is 9.69 Å². The molecule has 0 aliphatic heterocycles. The van der Waals surface area contributed by atoms with Crippen LogP contribution in [0.4, 0.5) is 0 Å². The van der Waals surface area contributed by atoms with Crippen molar-refractivity contribution in [2.45, 2.75) is 69.4 Å². The second kappa shape index (κ2) is 6.38. The molecule has 0 radical (unpaired) electrons. The SMILES string of the molecule is CN(CC(=O)NC1(C#N)CCCCC1)C1CCCC1. The van der Waals surface area contributed by atoms with Crippen LogP contribution in [0, 0.1) is 11.3 Å². The Morgan fingerprint density at radius 1 is 1.26 bits per heavy atom. The van der Waals surface area contributed by atoms with Crippen molar-refractivity contribution in [3.63, 3.8) is 0 Å². The monoisotopic (exact) mass is 263 g/mol. The van der Waals surface area contributed by atoms with Crippen LogP contribution in [0.15, 0.2) is 0 Å². The maximum Gasteiger partial charge on any atom is 0.235 e. The molecule has 0 aromatic carbocycles. The molecule has 2 rings (SSSR count). The van der Waals surface area contributed by atoms with Gasteiger partial charge in [0.15, 0.2) is 0 Å². The number of nitrogens with one attached hydrogen (secondary N) is 1. The Bertz CT molecular complexity index is 349. The quantitative estimate of drug-likeness (QED) is 0.846. The number of carbonyl (C=O) groups excluding carboxylic acids is 1. The van der Waals surface area contributed by atoms with Gasteiger partial charge in [-0.2, -0.15) is 5.26 Å². The van der Waals surface area contributed by atoms with E-state index in [0.717, 1.165) is 25.7 Å². The van der Waals surface area contributed by atoms with Gasteiger partial charge in [-0.1, -0.05) is 32.1 Å². The summed E-state index contributed by atoms with van der Waals surface area (Å²) in [5, 5.41) is 12.4. The predicted molar refractivity (Wildman–Crippen MR) is 74.5 cm³/mol. The van der Waals surface area contributed by atoms with Gasteiger partial charge in [0.1, 0.15) is 5.54 Å². The van der Waals surface area contributed by atoms with E-state index in [2.05, 4.69) is 16.3 Å². The minimum atomic E-state index is -0.591. The highest BCUT2D eigenvalue weighted by Gasteiger charge is 2.34. The third kappa shape index (κ3) is 3.70. The van der Waals surface area contributed by atoms with Crippen molar-refractivity contribution in [3.8, 4) is 6.07 Å². The minimum absolute atomic E-state index is 0.0119. The number of rotatable bonds is 4. The van der Waals surface area contributed by atoms with Gasteiger partial charge in [0.05, 0.1) is 12.6 Å². The minimum Gasteiger partial charge on any atom is -0.337 e. The van der Waals surface area contributed by atoms with Crippen molar-refractivity contribution < 1.29 is 4.79 Å². The molecule has 19 heavy (non-hydrogen) atoms.